The Bertz CT molecular complexity index is 1280. The topological polar surface area (TPSA) is 112 Å². The third-order valence-electron chi connectivity index (χ3n) is 5.97. The maximum Gasteiger partial charge on any atom is 0.290 e. The first-order chi connectivity index (χ1) is 17.0. The van der Waals surface area contributed by atoms with Crippen LogP contribution in [0.15, 0.2) is 53.6 Å². The van der Waals surface area contributed by atoms with Gasteiger partial charge in [-0.2, -0.15) is 0 Å². The van der Waals surface area contributed by atoms with E-state index in [9.17, 15) is 14.7 Å². The number of aliphatic hydroxyl groups excluding tert-OH is 1. The number of benzene rings is 1. The lowest BCUT2D eigenvalue weighted by Gasteiger charge is -2.28. The number of methoxy groups -OCH3 is 2. The predicted molar refractivity (Wildman–Crippen MR) is 125 cm³/mol. The van der Waals surface area contributed by atoms with Gasteiger partial charge in [-0.25, -0.2) is 4.98 Å². The smallest absolute Gasteiger partial charge is 0.290 e. The average Bonchev–Trinajstić information content (AvgIpc) is 3.67. The third-order valence-corrected chi connectivity index (χ3v) is 6.84. The fourth-order valence-electron chi connectivity index (χ4n) is 4.44. The van der Waals surface area contributed by atoms with Gasteiger partial charge < -0.3 is 33.5 Å². The Labute approximate surface area is 204 Å². The van der Waals surface area contributed by atoms with Crippen molar-refractivity contribution >= 4 is 23.0 Å². The van der Waals surface area contributed by atoms with Crippen LogP contribution < -0.4 is 18.9 Å². The van der Waals surface area contributed by atoms with Gasteiger partial charge in [0.2, 0.25) is 24.1 Å². The fraction of sp³-hybridized carbons (Fsp3) is 0.292. The number of hydrogen-bond donors (Lipinski definition) is 1. The number of Topliss-reactive ketones (excluding diaryl/α,β-unsaturated/α-hetero) is 1. The third kappa shape index (κ3) is 3.87. The second kappa shape index (κ2) is 9.34. The number of fused-ring (bicyclic) bond motifs is 1. The van der Waals surface area contributed by atoms with Gasteiger partial charge in [-0.05, 0) is 23.9 Å². The summed E-state index contributed by atoms with van der Waals surface area (Å²) in [6.45, 7) is 0.874. The van der Waals surface area contributed by atoms with E-state index in [0.29, 0.717) is 40.7 Å². The van der Waals surface area contributed by atoms with Crippen LogP contribution in [-0.2, 0) is 11.3 Å². The number of ketones is 1. The molecule has 11 heteroatoms. The van der Waals surface area contributed by atoms with Crippen LogP contribution in [0.3, 0.4) is 0 Å². The number of aryl methyl sites for hydroxylation is 1. The number of carbonyl (C=O) groups excluding carboxylic acids is 2. The molecule has 0 fully saturated rings. The summed E-state index contributed by atoms with van der Waals surface area (Å²) in [7, 11) is 2.94. The fourth-order valence-corrected chi connectivity index (χ4v) is 5.11. The molecule has 1 atom stereocenters. The number of aromatic nitrogens is 2. The highest BCUT2D eigenvalue weighted by molar-refractivity contribution is 7.12. The Hall–Kier alpha value is -3.99. The van der Waals surface area contributed by atoms with Crippen molar-refractivity contribution in [2.75, 3.05) is 27.6 Å². The first-order valence-electron chi connectivity index (χ1n) is 10.9. The summed E-state index contributed by atoms with van der Waals surface area (Å²) in [6.07, 6.45) is 5.77. The molecule has 182 valence electrons. The molecule has 1 unspecified atom stereocenters. The van der Waals surface area contributed by atoms with Crippen molar-refractivity contribution in [2.45, 2.75) is 19.0 Å². The number of thiophene rings is 1. The van der Waals surface area contributed by atoms with Gasteiger partial charge in [0.15, 0.2) is 17.3 Å². The number of amides is 1. The van der Waals surface area contributed by atoms with Crippen molar-refractivity contribution < 1.29 is 33.6 Å². The minimum atomic E-state index is -0.918. The van der Waals surface area contributed by atoms with Gasteiger partial charge in [-0.15, -0.1) is 11.3 Å². The Kier molecular flexibility index (Phi) is 6.08. The van der Waals surface area contributed by atoms with E-state index in [1.165, 1.54) is 30.5 Å². The van der Waals surface area contributed by atoms with Gasteiger partial charge in [-0.1, -0.05) is 6.07 Å². The number of aliphatic hydroxyl groups is 1. The summed E-state index contributed by atoms with van der Waals surface area (Å²) >= 11 is 1.24. The lowest BCUT2D eigenvalue weighted by Crippen LogP contribution is -2.32. The maximum absolute atomic E-state index is 13.5. The molecule has 3 aromatic rings. The van der Waals surface area contributed by atoms with E-state index in [-0.39, 0.29) is 24.7 Å². The zero-order valence-electron chi connectivity index (χ0n) is 19.1. The zero-order valence-corrected chi connectivity index (χ0v) is 19.9. The minimum Gasteiger partial charge on any atom is -0.503 e. The lowest BCUT2D eigenvalue weighted by atomic mass is 9.93. The molecule has 0 saturated carbocycles. The largest absolute Gasteiger partial charge is 0.503 e. The van der Waals surface area contributed by atoms with Crippen LogP contribution in [0.2, 0.25) is 0 Å². The summed E-state index contributed by atoms with van der Waals surface area (Å²) in [6, 6.07) is 4.16. The molecule has 2 aromatic heterocycles. The molecule has 35 heavy (non-hydrogen) atoms. The van der Waals surface area contributed by atoms with Gasteiger partial charge in [0.25, 0.3) is 5.91 Å². The Morgan fingerprint density at radius 1 is 1.26 bits per heavy atom. The van der Waals surface area contributed by atoms with Crippen LogP contribution in [0, 0.1) is 0 Å². The van der Waals surface area contributed by atoms with Gasteiger partial charge in [-0.3, -0.25) is 9.59 Å². The summed E-state index contributed by atoms with van der Waals surface area (Å²) in [5.74, 6) is -0.264. The number of nitrogens with zero attached hydrogens (tertiary/aromatic N) is 3. The van der Waals surface area contributed by atoms with Crippen LogP contribution in [0.4, 0.5) is 0 Å². The van der Waals surface area contributed by atoms with Crippen molar-refractivity contribution in [3.05, 3.63) is 64.1 Å². The quantitative estimate of drug-likeness (QED) is 0.448. The summed E-state index contributed by atoms with van der Waals surface area (Å²) < 4.78 is 24.3. The Morgan fingerprint density at radius 2 is 2.09 bits per heavy atom. The van der Waals surface area contributed by atoms with Crippen LogP contribution in [0.5, 0.6) is 23.0 Å². The van der Waals surface area contributed by atoms with Crippen LogP contribution in [0.1, 0.15) is 27.7 Å². The number of hydrogen-bond acceptors (Lipinski definition) is 9. The van der Waals surface area contributed by atoms with Crippen molar-refractivity contribution in [1.29, 1.82) is 0 Å². The molecule has 0 saturated heterocycles. The van der Waals surface area contributed by atoms with E-state index in [0.717, 1.165) is 0 Å². The van der Waals surface area contributed by atoms with Crippen LogP contribution in [0.25, 0.3) is 0 Å². The van der Waals surface area contributed by atoms with Crippen molar-refractivity contribution in [3.8, 4) is 23.0 Å². The Balaban J connectivity index is 1.60. The molecule has 5 rings (SSSR count). The highest BCUT2D eigenvalue weighted by atomic mass is 32.1. The molecule has 0 aliphatic carbocycles. The van der Waals surface area contributed by atoms with E-state index < -0.39 is 23.5 Å². The molecule has 0 bridgehead atoms. The highest BCUT2D eigenvalue weighted by Gasteiger charge is 2.46. The SMILES string of the molecule is COc1c(C2C(C(=O)c3cccs3)=C(O)C(=O)N2CCCn2ccnc2)cc2c(c1OC)OCO2. The molecule has 1 amide bonds. The van der Waals surface area contributed by atoms with Crippen molar-refractivity contribution in [3.63, 3.8) is 0 Å². The molecular formula is C24H23N3O7S. The Morgan fingerprint density at radius 3 is 2.77 bits per heavy atom. The number of carbonyl (C=O) groups is 2. The predicted octanol–water partition coefficient (Wildman–Crippen LogP) is 3.36. The second-order valence-electron chi connectivity index (χ2n) is 7.89. The standard InChI is InChI=1S/C24H23N3O7S/c1-31-21-14(11-15-22(23(21)32-2)34-13-33-15)18-17(19(28)16-5-3-10-35-16)20(29)24(30)27(18)8-4-7-26-9-6-25-12-26/h3,5-6,9-12,18,29H,4,7-8,13H2,1-2H3. The van der Waals surface area contributed by atoms with Crippen LogP contribution >= 0.6 is 11.3 Å². The normalized spacial score (nSPS) is 16.8. The van der Waals surface area contributed by atoms with E-state index in [4.69, 9.17) is 18.9 Å². The van der Waals surface area contributed by atoms with Crippen molar-refractivity contribution in [1.82, 2.24) is 14.5 Å². The van der Waals surface area contributed by atoms with Crippen LogP contribution in [-0.4, -0.2) is 58.8 Å². The molecule has 4 heterocycles. The monoisotopic (exact) mass is 497 g/mol. The molecular weight excluding hydrogens is 474 g/mol. The maximum atomic E-state index is 13.5. The summed E-state index contributed by atoms with van der Waals surface area (Å²) in [5.41, 5.74) is 0.438. The average molecular weight is 498 g/mol. The van der Waals surface area contributed by atoms with E-state index in [1.807, 2.05) is 10.8 Å². The van der Waals surface area contributed by atoms with Crippen molar-refractivity contribution in [2.24, 2.45) is 0 Å². The second-order valence-corrected chi connectivity index (χ2v) is 8.84. The van der Waals surface area contributed by atoms with E-state index >= 15 is 0 Å². The van der Waals surface area contributed by atoms with E-state index in [2.05, 4.69) is 4.98 Å². The molecule has 1 N–H and O–H groups in total. The summed E-state index contributed by atoms with van der Waals surface area (Å²) in [5, 5.41) is 12.7. The highest BCUT2D eigenvalue weighted by Crippen LogP contribution is 2.53. The minimum absolute atomic E-state index is 0.00140. The van der Waals surface area contributed by atoms with E-state index in [1.54, 1.807) is 36.1 Å². The van der Waals surface area contributed by atoms with Gasteiger partial charge in [0.1, 0.15) is 0 Å². The zero-order chi connectivity index (χ0) is 24.5. The van der Waals surface area contributed by atoms with Gasteiger partial charge in [0.05, 0.1) is 37.0 Å². The van der Waals surface area contributed by atoms with Gasteiger partial charge in [0, 0.05) is 31.0 Å². The molecule has 2 aliphatic rings. The number of ether oxygens (including phenoxy) is 4. The number of rotatable bonds is 9. The molecule has 2 aliphatic heterocycles. The first kappa shape index (κ1) is 22.8. The summed E-state index contributed by atoms with van der Waals surface area (Å²) in [4.78, 5) is 32.7. The molecule has 1 aromatic carbocycles. The molecule has 0 radical (unpaired) electrons. The van der Waals surface area contributed by atoms with Gasteiger partial charge >= 0.3 is 0 Å². The first-order valence-corrected chi connectivity index (χ1v) is 11.8. The number of imidazole rings is 1. The molecule has 10 nitrogen and oxygen atoms in total. The lowest BCUT2D eigenvalue weighted by molar-refractivity contribution is -0.129. The molecule has 0 spiro atoms.